The molecule has 172 valence electrons. The number of aliphatic hydroxyl groups is 1. The molecule has 1 aliphatic heterocycles. The van der Waals surface area contributed by atoms with E-state index in [-0.39, 0.29) is 17.9 Å². The molecule has 7 nitrogen and oxygen atoms in total. The average molecular weight is 439 g/mol. The number of rotatable bonds is 6. The second-order valence-corrected chi connectivity index (χ2v) is 9.51. The summed E-state index contributed by atoms with van der Waals surface area (Å²) in [5.41, 5.74) is 1.92. The fourth-order valence-corrected chi connectivity index (χ4v) is 5.70. The van der Waals surface area contributed by atoms with E-state index in [9.17, 15) is 9.90 Å². The van der Waals surface area contributed by atoms with E-state index < -0.39 is 12.0 Å². The van der Waals surface area contributed by atoms with Crippen LogP contribution in [0.25, 0.3) is 11.4 Å². The predicted octanol–water partition coefficient (Wildman–Crippen LogP) is 2.55. The Hall–Kier alpha value is -2.22. The van der Waals surface area contributed by atoms with Gasteiger partial charge in [0.2, 0.25) is 5.91 Å². The van der Waals surface area contributed by atoms with Gasteiger partial charge in [0.05, 0.1) is 25.2 Å². The van der Waals surface area contributed by atoms with Crippen molar-refractivity contribution in [3.8, 4) is 11.4 Å². The fraction of sp³-hybridized carbons (Fsp3) is 0.600. The molecule has 3 fully saturated rings. The second-order valence-electron chi connectivity index (χ2n) is 9.51. The number of hydrogen-bond donors (Lipinski definition) is 3. The molecule has 1 saturated heterocycles. The summed E-state index contributed by atoms with van der Waals surface area (Å²) in [5.74, 6) is 0.964. The highest BCUT2D eigenvalue weighted by Gasteiger charge is 2.48. The van der Waals surface area contributed by atoms with Gasteiger partial charge < -0.3 is 25.0 Å². The largest absolute Gasteiger partial charge is 0.392 e. The SMILES string of the molecule is O=C([C@H]1C[C@@H](NCC2CCCC2)[C@H](c2cnc(-c3ccccc3)[nH]2)[C@@H]1O)N1CCOCC1. The van der Waals surface area contributed by atoms with E-state index in [1.54, 1.807) is 0 Å². The molecule has 4 atom stereocenters. The van der Waals surface area contributed by atoms with Gasteiger partial charge in [0.25, 0.3) is 0 Å². The van der Waals surface area contributed by atoms with Crippen LogP contribution in [0.5, 0.6) is 0 Å². The van der Waals surface area contributed by atoms with Crippen molar-refractivity contribution in [2.45, 2.75) is 50.2 Å². The number of nitrogens with one attached hydrogen (secondary N) is 2. The van der Waals surface area contributed by atoms with E-state index in [0.717, 1.165) is 23.6 Å². The Kier molecular flexibility index (Phi) is 6.57. The molecule has 3 aliphatic rings. The average Bonchev–Trinajstić information content (AvgIpc) is 3.59. The molecule has 7 heteroatoms. The summed E-state index contributed by atoms with van der Waals surface area (Å²) < 4.78 is 5.41. The number of nitrogens with zero attached hydrogens (tertiary/aromatic N) is 2. The van der Waals surface area contributed by atoms with Crippen molar-refractivity contribution in [2.24, 2.45) is 11.8 Å². The van der Waals surface area contributed by atoms with Gasteiger partial charge in [0.1, 0.15) is 5.82 Å². The zero-order valence-electron chi connectivity index (χ0n) is 18.6. The Morgan fingerprint density at radius 2 is 1.94 bits per heavy atom. The van der Waals surface area contributed by atoms with Crippen LogP contribution >= 0.6 is 0 Å². The molecule has 1 amide bonds. The number of morpholine rings is 1. The van der Waals surface area contributed by atoms with Gasteiger partial charge in [0.15, 0.2) is 0 Å². The zero-order valence-corrected chi connectivity index (χ0v) is 18.6. The lowest BCUT2D eigenvalue weighted by atomic mass is 9.95. The maximum Gasteiger partial charge on any atom is 0.228 e. The Bertz CT molecular complexity index is 890. The first kappa shape index (κ1) is 21.6. The number of benzene rings is 1. The first-order chi connectivity index (χ1) is 15.7. The smallest absolute Gasteiger partial charge is 0.228 e. The number of aromatic amines is 1. The highest BCUT2D eigenvalue weighted by molar-refractivity contribution is 5.80. The summed E-state index contributed by atoms with van der Waals surface area (Å²) in [6.45, 7) is 3.31. The lowest BCUT2D eigenvalue weighted by molar-refractivity contribution is -0.142. The third-order valence-electron chi connectivity index (χ3n) is 7.51. The summed E-state index contributed by atoms with van der Waals surface area (Å²) >= 11 is 0. The number of H-pyrrole nitrogens is 1. The molecular weight excluding hydrogens is 404 g/mol. The number of ether oxygens (including phenoxy) is 1. The number of carbonyl (C=O) groups excluding carboxylic acids is 1. The minimum absolute atomic E-state index is 0.0460. The quantitative estimate of drug-likeness (QED) is 0.645. The summed E-state index contributed by atoms with van der Waals surface area (Å²) in [6, 6.07) is 10.1. The normalized spacial score (nSPS) is 29.0. The van der Waals surface area contributed by atoms with Gasteiger partial charge in [-0.25, -0.2) is 4.98 Å². The minimum Gasteiger partial charge on any atom is -0.392 e. The zero-order chi connectivity index (χ0) is 21.9. The van der Waals surface area contributed by atoms with Crippen LogP contribution in [0.15, 0.2) is 36.5 Å². The summed E-state index contributed by atoms with van der Waals surface area (Å²) in [7, 11) is 0. The van der Waals surface area contributed by atoms with Crippen molar-refractivity contribution < 1.29 is 14.6 Å². The molecular formula is C25H34N4O3. The van der Waals surface area contributed by atoms with E-state index in [0.29, 0.717) is 38.6 Å². The molecule has 1 aromatic heterocycles. The van der Waals surface area contributed by atoms with Crippen molar-refractivity contribution in [2.75, 3.05) is 32.8 Å². The summed E-state index contributed by atoms with van der Waals surface area (Å²) in [6.07, 6.45) is 6.90. The Morgan fingerprint density at radius 1 is 1.19 bits per heavy atom. The van der Waals surface area contributed by atoms with Crippen LogP contribution in [-0.4, -0.2) is 70.9 Å². The molecule has 0 radical (unpaired) electrons. The Morgan fingerprint density at radius 3 is 2.69 bits per heavy atom. The van der Waals surface area contributed by atoms with Crippen LogP contribution in [0.4, 0.5) is 0 Å². The van der Waals surface area contributed by atoms with E-state index in [2.05, 4.69) is 15.3 Å². The number of hydrogen-bond acceptors (Lipinski definition) is 5. The van der Waals surface area contributed by atoms with Crippen LogP contribution in [0.2, 0.25) is 0 Å². The highest BCUT2D eigenvalue weighted by atomic mass is 16.5. The minimum atomic E-state index is -0.740. The molecule has 0 spiro atoms. The van der Waals surface area contributed by atoms with E-state index in [1.165, 1.54) is 25.7 Å². The highest BCUT2D eigenvalue weighted by Crippen LogP contribution is 2.40. The van der Waals surface area contributed by atoms with Crippen molar-refractivity contribution in [1.29, 1.82) is 0 Å². The third-order valence-corrected chi connectivity index (χ3v) is 7.51. The molecule has 1 aromatic carbocycles. The molecule has 3 N–H and O–H groups in total. The maximum atomic E-state index is 13.3. The molecule has 5 rings (SSSR count). The van der Waals surface area contributed by atoms with E-state index in [4.69, 9.17) is 4.74 Å². The molecule has 2 aliphatic carbocycles. The van der Waals surface area contributed by atoms with Crippen molar-refractivity contribution in [1.82, 2.24) is 20.2 Å². The van der Waals surface area contributed by atoms with Gasteiger partial charge in [-0.05, 0) is 31.7 Å². The third kappa shape index (κ3) is 4.47. The molecule has 0 unspecified atom stereocenters. The van der Waals surface area contributed by atoms with Gasteiger partial charge >= 0.3 is 0 Å². The van der Waals surface area contributed by atoms with Gasteiger partial charge in [0, 0.05) is 42.5 Å². The topological polar surface area (TPSA) is 90.5 Å². The van der Waals surface area contributed by atoms with Crippen LogP contribution in [0, 0.1) is 11.8 Å². The monoisotopic (exact) mass is 438 g/mol. The van der Waals surface area contributed by atoms with Crippen molar-refractivity contribution in [3.63, 3.8) is 0 Å². The standard InChI is InChI=1S/C25H34N4O3/c30-23-19(25(31)29-10-12-32-13-11-29)14-20(26-15-17-6-4-5-7-17)22(23)21-16-27-24(28-21)18-8-2-1-3-9-18/h1-3,8-9,16-17,19-20,22-23,26,30H,4-7,10-15H2,(H,27,28)/t19-,20+,22+,23+/m0/s1. The van der Waals surface area contributed by atoms with Gasteiger partial charge in [-0.1, -0.05) is 43.2 Å². The molecule has 2 aromatic rings. The van der Waals surface area contributed by atoms with Gasteiger partial charge in [-0.15, -0.1) is 0 Å². The molecule has 2 heterocycles. The maximum absolute atomic E-state index is 13.3. The van der Waals surface area contributed by atoms with Crippen LogP contribution in [-0.2, 0) is 9.53 Å². The molecule has 0 bridgehead atoms. The van der Waals surface area contributed by atoms with Crippen molar-refractivity contribution in [3.05, 3.63) is 42.2 Å². The number of aromatic nitrogens is 2. The van der Waals surface area contributed by atoms with Crippen LogP contribution in [0.1, 0.15) is 43.7 Å². The lowest BCUT2D eigenvalue weighted by Crippen LogP contribution is -2.45. The number of aliphatic hydroxyl groups excluding tert-OH is 1. The number of amides is 1. The van der Waals surface area contributed by atoms with E-state index in [1.807, 2.05) is 41.4 Å². The van der Waals surface area contributed by atoms with Gasteiger partial charge in [-0.2, -0.15) is 0 Å². The number of imidazole rings is 1. The Balaban J connectivity index is 1.36. The Labute approximate surface area is 189 Å². The summed E-state index contributed by atoms with van der Waals surface area (Å²) in [4.78, 5) is 23.2. The van der Waals surface area contributed by atoms with Crippen LogP contribution < -0.4 is 5.32 Å². The fourth-order valence-electron chi connectivity index (χ4n) is 5.70. The van der Waals surface area contributed by atoms with Crippen LogP contribution in [0.3, 0.4) is 0 Å². The predicted molar refractivity (Wildman–Crippen MR) is 122 cm³/mol. The molecule has 32 heavy (non-hydrogen) atoms. The molecule has 2 saturated carbocycles. The van der Waals surface area contributed by atoms with E-state index >= 15 is 0 Å². The van der Waals surface area contributed by atoms with Gasteiger partial charge in [-0.3, -0.25) is 4.79 Å². The first-order valence-corrected chi connectivity index (χ1v) is 12.1. The summed E-state index contributed by atoms with van der Waals surface area (Å²) in [5, 5.41) is 15.1. The first-order valence-electron chi connectivity index (χ1n) is 12.1. The van der Waals surface area contributed by atoms with Crippen molar-refractivity contribution >= 4 is 5.91 Å². The number of carbonyl (C=O) groups is 1. The second kappa shape index (κ2) is 9.73. The lowest BCUT2D eigenvalue weighted by Gasteiger charge is -2.30.